The fraction of sp³-hybridized carbons (Fsp3) is 0.800. The van der Waals surface area contributed by atoms with Crippen LogP contribution in [0.4, 0.5) is 0 Å². The molecule has 0 aromatic heterocycles. The van der Waals surface area contributed by atoms with Crippen molar-refractivity contribution in [1.82, 2.24) is 10.2 Å². The monoisotopic (exact) mass is 293 g/mol. The standard InChI is InChI=1S/C15H23N3O3/c1-14(2)9-10(14)12(20)18(11(9)19)7-6-15(3,13(16)21)17-8-4-5-8/h8-10,17H,4-7H2,1-3H3,(H2,16,21). The number of carbonyl (C=O) groups is 3. The van der Waals surface area contributed by atoms with Gasteiger partial charge in [-0.05, 0) is 31.6 Å². The molecule has 0 bridgehead atoms. The van der Waals surface area contributed by atoms with E-state index in [1.54, 1.807) is 6.92 Å². The number of nitrogens with one attached hydrogen (secondary N) is 1. The normalized spacial score (nSPS) is 32.8. The minimum atomic E-state index is -0.857. The van der Waals surface area contributed by atoms with Gasteiger partial charge in [0.1, 0.15) is 0 Å². The van der Waals surface area contributed by atoms with Crippen molar-refractivity contribution in [1.29, 1.82) is 0 Å². The number of hydrogen-bond donors (Lipinski definition) is 2. The van der Waals surface area contributed by atoms with Crippen molar-refractivity contribution in [2.75, 3.05) is 6.54 Å². The first-order chi connectivity index (χ1) is 9.68. The SMILES string of the molecule is CC(CCN1C(=O)C2C(C1=O)C2(C)C)(NC1CC1)C(N)=O. The van der Waals surface area contributed by atoms with E-state index in [4.69, 9.17) is 5.73 Å². The highest BCUT2D eigenvalue weighted by molar-refractivity contribution is 6.10. The Kier molecular flexibility index (Phi) is 2.96. The Morgan fingerprint density at radius 1 is 1.33 bits per heavy atom. The maximum atomic E-state index is 12.3. The van der Waals surface area contributed by atoms with Crippen molar-refractivity contribution in [2.24, 2.45) is 23.0 Å². The molecule has 1 aliphatic heterocycles. The predicted molar refractivity (Wildman–Crippen MR) is 75.9 cm³/mol. The van der Waals surface area contributed by atoms with Crippen LogP contribution in [0.25, 0.3) is 0 Å². The summed E-state index contributed by atoms with van der Waals surface area (Å²) in [5.74, 6) is -0.942. The van der Waals surface area contributed by atoms with Crippen molar-refractivity contribution in [3.8, 4) is 0 Å². The molecule has 1 heterocycles. The van der Waals surface area contributed by atoms with Crippen molar-refractivity contribution in [3.05, 3.63) is 0 Å². The molecule has 6 nitrogen and oxygen atoms in total. The fourth-order valence-electron chi connectivity index (χ4n) is 3.50. The van der Waals surface area contributed by atoms with Crippen LogP contribution in [0, 0.1) is 17.3 Å². The first-order valence-electron chi connectivity index (χ1n) is 7.61. The Labute approximate surface area is 124 Å². The molecule has 3 atom stereocenters. The molecule has 3 fully saturated rings. The van der Waals surface area contributed by atoms with E-state index in [0.29, 0.717) is 12.5 Å². The lowest BCUT2D eigenvalue weighted by Crippen LogP contribution is -2.56. The highest BCUT2D eigenvalue weighted by atomic mass is 16.2. The maximum Gasteiger partial charge on any atom is 0.237 e. The predicted octanol–water partition coefficient (Wildman–Crippen LogP) is 0.0135. The number of piperidine rings is 1. The molecule has 3 rings (SSSR count). The number of hydrogen-bond acceptors (Lipinski definition) is 4. The molecule has 3 aliphatic rings. The van der Waals surface area contributed by atoms with Gasteiger partial charge in [-0.2, -0.15) is 0 Å². The van der Waals surface area contributed by atoms with E-state index in [2.05, 4.69) is 5.32 Å². The van der Waals surface area contributed by atoms with Crippen LogP contribution >= 0.6 is 0 Å². The molecule has 0 aromatic carbocycles. The maximum absolute atomic E-state index is 12.3. The number of rotatable bonds is 6. The summed E-state index contributed by atoms with van der Waals surface area (Å²) in [4.78, 5) is 37.5. The molecule has 2 aliphatic carbocycles. The van der Waals surface area contributed by atoms with Gasteiger partial charge in [0, 0.05) is 12.6 Å². The van der Waals surface area contributed by atoms with E-state index in [9.17, 15) is 14.4 Å². The lowest BCUT2D eigenvalue weighted by molar-refractivity contribution is -0.144. The third kappa shape index (κ3) is 2.16. The highest BCUT2D eigenvalue weighted by Gasteiger charge is 2.72. The van der Waals surface area contributed by atoms with Crippen LogP contribution in [0.15, 0.2) is 0 Å². The molecule has 0 spiro atoms. The van der Waals surface area contributed by atoms with E-state index in [1.807, 2.05) is 13.8 Å². The molecule has 3 N–H and O–H groups in total. The summed E-state index contributed by atoms with van der Waals surface area (Å²) in [5.41, 5.74) is 4.44. The van der Waals surface area contributed by atoms with Crippen molar-refractivity contribution in [3.63, 3.8) is 0 Å². The molecule has 0 aromatic rings. The van der Waals surface area contributed by atoms with Crippen LogP contribution in [-0.4, -0.2) is 40.7 Å². The van der Waals surface area contributed by atoms with Crippen molar-refractivity contribution in [2.45, 2.75) is 51.6 Å². The van der Waals surface area contributed by atoms with Gasteiger partial charge >= 0.3 is 0 Å². The van der Waals surface area contributed by atoms with Crippen LogP contribution in [0.5, 0.6) is 0 Å². The van der Waals surface area contributed by atoms with E-state index in [0.717, 1.165) is 12.8 Å². The van der Waals surface area contributed by atoms with E-state index >= 15 is 0 Å². The average molecular weight is 293 g/mol. The van der Waals surface area contributed by atoms with Gasteiger partial charge in [0.05, 0.1) is 17.4 Å². The zero-order valence-corrected chi connectivity index (χ0v) is 12.8. The first-order valence-corrected chi connectivity index (χ1v) is 7.61. The Morgan fingerprint density at radius 3 is 2.29 bits per heavy atom. The third-order valence-electron chi connectivity index (χ3n) is 5.37. The number of fused-ring (bicyclic) bond motifs is 1. The molecular formula is C15H23N3O3. The van der Waals surface area contributed by atoms with Gasteiger partial charge < -0.3 is 11.1 Å². The fourth-order valence-corrected chi connectivity index (χ4v) is 3.50. The summed E-state index contributed by atoms with van der Waals surface area (Å²) in [5, 5.41) is 3.24. The molecule has 3 amide bonds. The number of likely N-dealkylation sites (tertiary alicyclic amines) is 1. The average Bonchev–Trinajstić information content (AvgIpc) is 3.24. The molecule has 3 unspecified atom stereocenters. The Balaban J connectivity index is 1.63. The molecule has 0 radical (unpaired) electrons. The minimum Gasteiger partial charge on any atom is -0.368 e. The van der Waals surface area contributed by atoms with E-state index in [1.165, 1.54) is 4.90 Å². The van der Waals surface area contributed by atoms with Crippen LogP contribution in [0.3, 0.4) is 0 Å². The molecule has 21 heavy (non-hydrogen) atoms. The summed E-state index contributed by atoms with van der Waals surface area (Å²) >= 11 is 0. The van der Waals surface area contributed by atoms with E-state index < -0.39 is 11.4 Å². The lowest BCUT2D eigenvalue weighted by Gasteiger charge is -2.30. The first kappa shape index (κ1) is 14.5. The van der Waals surface area contributed by atoms with Gasteiger partial charge in [-0.25, -0.2) is 0 Å². The summed E-state index contributed by atoms with van der Waals surface area (Å²) in [6.07, 6.45) is 2.46. The summed E-state index contributed by atoms with van der Waals surface area (Å²) in [6, 6.07) is 0.333. The van der Waals surface area contributed by atoms with Crippen LogP contribution in [-0.2, 0) is 14.4 Å². The number of nitrogens with zero attached hydrogens (tertiary/aromatic N) is 1. The molecule has 1 saturated heterocycles. The topological polar surface area (TPSA) is 92.5 Å². The quantitative estimate of drug-likeness (QED) is 0.675. The summed E-state index contributed by atoms with van der Waals surface area (Å²) in [6.45, 7) is 5.93. The Morgan fingerprint density at radius 2 is 1.86 bits per heavy atom. The lowest BCUT2D eigenvalue weighted by atomic mass is 9.95. The van der Waals surface area contributed by atoms with Crippen LogP contribution in [0.1, 0.15) is 40.0 Å². The Bertz CT molecular complexity index is 502. The van der Waals surface area contributed by atoms with Gasteiger partial charge in [0.25, 0.3) is 0 Å². The number of amides is 3. The van der Waals surface area contributed by atoms with Gasteiger partial charge in [-0.3, -0.25) is 19.3 Å². The highest BCUT2D eigenvalue weighted by Crippen LogP contribution is 2.63. The van der Waals surface area contributed by atoms with Gasteiger partial charge in [-0.15, -0.1) is 0 Å². The number of carbonyl (C=O) groups excluding carboxylic acids is 3. The Hall–Kier alpha value is -1.43. The van der Waals surface area contributed by atoms with Crippen molar-refractivity contribution >= 4 is 17.7 Å². The van der Waals surface area contributed by atoms with Crippen molar-refractivity contribution < 1.29 is 14.4 Å². The zero-order chi connectivity index (χ0) is 15.6. The second-order valence-electron chi connectivity index (χ2n) is 7.47. The van der Waals surface area contributed by atoms with Crippen LogP contribution in [0.2, 0.25) is 0 Å². The second kappa shape index (κ2) is 4.29. The third-order valence-corrected chi connectivity index (χ3v) is 5.37. The zero-order valence-electron chi connectivity index (χ0n) is 12.8. The number of nitrogens with two attached hydrogens (primary N) is 1. The molecule has 6 heteroatoms. The molecule has 2 saturated carbocycles. The molecule has 116 valence electrons. The van der Waals surface area contributed by atoms with Gasteiger partial charge in [0.15, 0.2) is 0 Å². The summed E-state index contributed by atoms with van der Waals surface area (Å²) < 4.78 is 0. The van der Waals surface area contributed by atoms with Gasteiger partial charge in [-0.1, -0.05) is 13.8 Å². The minimum absolute atomic E-state index is 0.0896. The number of primary amides is 1. The smallest absolute Gasteiger partial charge is 0.237 e. The van der Waals surface area contributed by atoms with E-state index in [-0.39, 0.29) is 35.6 Å². The van der Waals surface area contributed by atoms with Gasteiger partial charge in [0.2, 0.25) is 17.7 Å². The van der Waals surface area contributed by atoms with Crippen LogP contribution < -0.4 is 11.1 Å². The second-order valence-corrected chi connectivity index (χ2v) is 7.47. The summed E-state index contributed by atoms with van der Waals surface area (Å²) in [7, 11) is 0. The molecular weight excluding hydrogens is 270 g/mol. The number of imide groups is 1. The largest absolute Gasteiger partial charge is 0.368 e.